The quantitative estimate of drug-likeness (QED) is 0.593. The van der Waals surface area contributed by atoms with Crippen molar-refractivity contribution in [3.8, 4) is 0 Å². The van der Waals surface area contributed by atoms with Crippen LogP contribution in [0, 0.1) is 0 Å². The summed E-state index contributed by atoms with van der Waals surface area (Å²) in [4.78, 5) is 0. The van der Waals surface area contributed by atoms with Gasteiger partial charge in [0.25, 0.3) is 0 Å². The van der Waals surface area contributed by atoms with Crippen molar-refractivity contribution in [3.63, 3.8) is 0 Å². The number of aliphatic hydroxyl groups is 3. The van der Waals surface area contributed by atoms with Gasteiger partial charge < -0.3 is 20.1 Å². The van der Waals surface area contributed by atoms with Gasteiger partial charge in [-0.15, -0.1) is 0 Å². The Balaban J connectivity index is -0.000000155. The predicted molar refractivity (Wildman–Crippen MR) is 62.9 cm³/mol. The SMILES string of the molecule is CCCC.CCCOCCO.OCCO. The molecule has 0 saturated heterocycles. The summed E-state index contributed by atoms with van der Waals surface area (Å²) in [6.07, 6.45) is 3.67. The minimum atomic E-state index is -0.125. The van der Waals surface area contributed by atoms with Crippen LogP contribution in [-0.2, 0) is 4.74 Å². The number of aliphatic hydroxyl groups excluding tert-OH is 3. The van der Waals surface area contributed by atoms with Gasteiger partial charge in [-0.05, 0) is 6.42 Å². The Morgan fingerprint density at radius 1 is 0.667 bits per heavy atom. The Hall–Kier alpha value is -0.160. The molecule has 96 valence electrons. The molecule has 0 rings (SSSR count). The second kappa shape index (κ2) is 29.2. The minimum Gasteiger partial charge on any atom is -0.394 e. The predicted octanol–water partition coefficient (Wildman–Crippen LogP) is 1.18. The third-order valence-electron chi connectivity index (χ3n) is 1.18. The number of hydrogen-bond donors (Lipinski definition) is 3. The van der Waals surface area contributed by atoms with Crippen molar-refractivity contribution in [2.75, 3.05) is 33.0 Å². The summed E-state index contributed by atoms with van der Waals surface area (Å²) < 4.78 is 4.88. The number of rotatable bonds is 6. The summed E-state index contributed by atoms with van der Waals surface area (Å²) in [5, 5.41) is 23.4. The van der Waals surface area contributed by atoms with Gasteiger partial charge in [0, 0.05) is 6.61 Å². The molecule has 15 heavy (non-hydrogen) atoms. The molecule has 0 radical (unpaired) electrons. The smallest absolute Gasteiger partial charge is 0.0697 e. The zero-order valence-corrected chi connectivity index (χ0v) is 10.4. The fourth-order valence-corrected chi connectivity index (χ4v) is 0.311. The fraction of sp³-hybridized carbons (Fsp3) is 1.00. The molecule has 0 fully saturated rings. The Labute approximate surface area is 93.9 Å². The Kier molecular flexibility index (Phi) is 39.5. The molecule has 0 aliphatic heterocycles. The zero-order chi connectivity index (χ0) is 12.4. The van der Waals surface area contributed by atoms with Crippen molar-refractivity contribution >= 4 is 0 Å². The highest BCUT2D eigenvalue weighted by Gasteiger charge is 1.78. The lowest BCUT2D eigenvalue weighted by atomic mass is 10.4. The molecule has 0 heterocycles. The molecule has 0 unspecified atom stereocenters. The summed E-state index contributed by atoms with van der Waals surface area (Å²) in [7, 11) is 0. The van der Waals surface area contributed by atoms with Crippen molar-refractivity contribution in [1.82, 2.24) is 0 Å². The van der Waals surface area contributed by atoms with Crippen LogP contribution in [-0.4, -0.2) is 48.4 Å². The van der Waals surface area contributed by atoms with E-state index in [1.54, 1.807) is 0 Å². The molecule has 4 nitrogen and oxygen atoms in total. The Morgan fingerprint density at radius 2 is 1.13 bits per heavy atom. The van der Waals surface area contributed by atoms with Gasteiger partial charge in [-0.3, -0.25) is 0 Å². The summed E-state index contributed by atoms with van der Waals surface area (Å²) in [6.45, 7) is 7.53. The van der Waals surface area contributed by atoms with Gasteiger partial charge in [0.1, 0.15) is 0 Å². The fourth-order valence-electron chi connectivity index (χ4n) is 0.311. The lowest BCUT2D eigenvalue weighted by Gasteiger charge is -1.94. The molecular formula is C11H28O4. The van der Waals surface area contributed by atoms with Gasteiger partial charge >= 0.3 is 0 Å². The third kappa shape index (κ3) is 56.9. The first-order valence-electron chi connectivity index (χ1n) is 5.65. The van der Waals surface area contributed by atoms with E-state index in [2.05, 4.69) is 13.8 Å². The first kappa shape index (κ1) is 20.3. The summed E-state index contributed by atoms with van der Waals surface area (Å²) in [5.74, 6) is 0. The van der Waals surface area contributed by atoms with Crippen LogP contribution < -0.4 is 0 Å². The molecule has 0 aromatic carbocycles. The largest absolute Gasteiger partial charge is 0.394 e. The molecule has 0 saturated carbocycles. The van der Waals surface area contributed by atoms with E-state index in [9.17, 15) is 0 Å². The zero-order valence-electron chi connectivity index (χ0n) is 10.4. The number of ether oxygens (including phenoxy) is 1. The average molecular weight is 224 g/mol. The van der Waals surface area contributed by atoms with Gasteiger partial charge in [-0.2, -0.15) is 0 Å². The van der Waals surface area contributed by atoms with E-state index in [0.717, 1.165) is 13.0 Å². The highest BCUT2D eigenvalue weighted by molar-refractivity contribution is 4.24. The summed E-state index contributed by atoms with van der Waals surface area (Å²) in [5.41, 5.74) is 0. The van der Waals surface area contributed by atoms with Crippen molar-refractivity contribution in [3.05, 3.63) is 0 Å². The molecule has 0 aromatic rings. The molecule has 0 aliphatic carbocycles. The number of unbranched alkanes of at least 4 members (excludes halogenated alkanes) is 1. The van der Waals surface area contributed by atoms with Crippen LogP contribution in [0.3, 0.4) is 0 Å². The second-order valence-corrected chi connectivity index (χ2v) is 2.78. The first-order chi connectivity index (χ1) is 7.24. The van der Waals surface area contributed by atoms with Crippen LogP contribution in [0.1, 0.15) is 40.0 Å². The van der Waals surface area contributed by atoms with Crippen LogP contribution >= 0.6 is 0 Å². The van der Waals surface area contributed by atoms with Crippen LogP contribution in [0.5, 0.6) is 0 Å². The molecule has 0 aliphatic rings. The molecule has 4 heteroatoms. The lowest BCUT2D eigenvalue weighted by Crippen LogP contribution is -1.98. The van der Waals surface area contributed by atoms with Crippen molar-refractivity contribution in [2.24, 2.45) is 0 Å². The Morgan fingerprint density at radius 3 is 1.33 bits per heavy atom. The van der Waals surface area contributed by atoms with Gasteiger partial charge in [0.05, 0.1) is 26.4 Å². The van der Waals surface area contributed by atoms with E-state index in [0.29, 0.717) is 6.61 Å². The molecule has 0 bridgehead atoms. The standard InChI is InChI=1S/C5H12O2.C4H10.C2H6O2/c1-2-4-7-5-3-6;1-3-4-2;3-1-2-4/h6H,2-5H2,1H3;3-4H2,1-2H3;3-4H,1-2H2. The maximum Gasteiger partial charge on any atom is 0.0697 e. The maximum absolute atomic E-state index is 8.17. The van der Waals surface area contributed by atoms with Crippen molar-refractivity contribution in [2.45, 2.75) is 40.0 Å². The van der Waals surface area contributed by atoms with Gasteiger partial charge in [-0.1, -0.05) is 33.6 Å². The van der Waals surface area contributed by atoms with E-state index in [-0.39, 0.29) is 19.8 Å². The molecule has 0 spiro atoms. The normalized spacial score (nSPS) is 8.40. The molecular weight excluding hydrogens is 196 g/mol. The van der Waals surface area contributed by atoms with E-state index in [1.807, 2.05) is 6.92 Å². The summed E-state index contributed by atoms with van der Waals surface area (Å²) in [6, 6.07) is 0. The highest BCUT2D eigenvalue weighted by Crippen LogP contribution is 1.77. The maximum atomic E-state index is 8.17. The third-order valence-corrected chi connectivity index (χ3v) is 1.18. The monoisotopic (exact) mass is 224 g/mol. The lowest BCUT2D eigenvalue weighted by molar-refractivity contribution is 0.0928. The van der Waals surface area contributed by atoms with E-state index >= 15 is 0 Å². The van der Waals surface area contributed by atoms with Gasteiger partial charge in [-0.25, -0.2) is 0 Å². The highest BCUT2D eigenvalue weighted by atomic mass is 16.5. The Bertz CT molecular complexity index is 57.6. The topological polar surface area (TPSA) is 69.9 Å². The molecule has 0 atom stereocenters. The van der Waals surface area contributed by atoms with Crippen molar-refractivity contribution in [1.29, 1.82) is 0 Å². The molecule has 0 aromatic heterocycles. The van der Waals surface area contributed by atoms with E-state index in [4.69, 9.17) is 20.1 Å². The van der Waals surface area contributed by atoms with Crippen molar-refractivity contribution < 1.29 is 20.1 Å². The van der Waals surface area contributed by atoms with Crippen LogP contribution in [0.25, 0.3) is 0 Å². The second-order valence-electron chi connectivity index (χ2n) is 2.78. The van der Waals surface area contributed by atoms with E-state index in [1.165, 1.54) is 12.8 Å². The minimum absolute atomic E-state index is 0.125. The van der Waals surface area contributed by atoms with Crippen LogP contribution in [0.15, 0.2) is 0 Å². The van der Waals surface area contributed by atoms with Gasteiger partial charge in [0.2, 0.25) is 0 Å². The molecule has 0 amide bonds. The van der Waals surface area contributed by atoms with Crippen LogP contribution in [0.2, 0.25) is 0 Å². The van der Waals surface area contributed by atoms with E-state index < -0.39 is 0 Å². The van der Waals surface area contributed by atoms with Crippen LogP contribution in [0.4, 0.5) is 0 Å². The average Bonchev–Trinajstić information content (AvgIpc) is 2.30. The first-order valence-corrected chi connectivity index (χ1v) is 5.65. The van der Waals surface area contributed by atoms with Gasteiger partial charge in [0.15, 0.2) is 0 Å². The molecule has 3 N–H and O–H groups in total. The summed E-state index contributed by atoms with van der Waals surface area (Å²) >= 11 is 0. The number of hydrogen-bond acceptors (Lipinski definition) is 4.